The predicted molar refractivity (Wildman–Crippen MR) is 101 cm³/mol. The smallest absolute Gasteiger partial charge is 0.218 e. The molecule has 134 valence electrons. The van der Waals surface area contributed by atoms with Crippen LogP contribution in [0.1, 0.15) is 26.1 Å². The quantitative estimate of drug-likeness (QED) is 0.637. The number of hydrogen-bond donors (Lipinski definition) is 3. The highest BCUT2D eigenvalue weighted by atomic mass is 35.5. The Balaban J connectivity index is 2.18. The Bertz CT molecular complexity index is 951. The summed E-state index contributed by atoms with van der Waals surface area (Å²) in [6.45, 7) is 3.80. The van der Waals surface area contributed by atoms with Gasteiger partial charge >= 0.3 is 0 Å². The lowest BCUT2D eigenvalue weighted by Gasteiger charge is -2.19. The second-order valence-electron chi connectivity index (χ2n) is 6.74. The number of nitrogens with zero attached hydrogens (tertiary/aromatic N) is 2. The largest absolute Gasteiger partial charge is 0.506 e. The van der Waals surface area contributed by atoms with Gasteiger partial charge in [0.1, 0.15) is 11.6 Å². The van der Waals surface area contributed by atoms with Gasteiger partial charge in [0.25, 0.3) is 0 Å². The standard InChI is InChI=1S/C19H19ClN4O2/c1-19(2,10-15(21)26)18-23-16(11-5-7-22-8-6-11)17(24-18)12-3-4-13(20)14(25)9-12/h3-9,25H,10H2,1-2H3,(H2,21,26)(H,23,24). The van der Waals surface area contributed by atoms with Crippen LogP contribution in [0, 0.1) is 0 Å². The monoisotopic (exact) mass is 370 g/mol. The van der Waals surface area contributed by atoms with Crippen LogP contribution in [0.25, 0.3) is 22.5 Å². The van der Waals surface area contributed by atoms with Crippen LogP contribution in [0.2, 0.25) is 5.02 Å². The van der Waals surface area contributed by atoms with Gasteiger partial charge in [-0.3, -0.25) is 9.78 Å². The molecule has 0 fully saturated rings. The summed E-state index contributed by atoms with van der Waals surface area (Å²) in [4.78, 5) is 23.5. The van der Waals surface area contributed by atoms with E-state index in [0.717, 1.165) is 11.3 Å². The number of primary amides is 1. The number of rotatable bonds is 5. The number of imidazole rings is 1. The summed E-state index contributed by atoms with van der Waals surface area (Å²) in [5.74, 6) is 0.209. The van der Waals surface area contributed by atoms with Gasteiger partial charge in [-0.2, -0.15) is 0 Å². The molecule has 0 atom stereocenters. The normalized spacial score (nSPS) is 11.5. The van der Waals surface area contributed by atoms with Crippen LogP contribution in [0.15, 0.2) is 42.7 Å². The summed E-state index contributed by atoms with van der Waals surface area (Å²) in [6.07, 6.45) is 3.53. The number of aromatic nitrogens is 3. The molecule has 0 spiro atoms. The molecule has 1 aromatic carbocycles. The Morgan fingerprint density at radius 3 is 2.54 bits per heavy atom. The minimum atomic E-state index is -0.569. The van der Waals surface area contributed by atoms with Crippen molar-refractivity contribution < 1.29 is 9.90 Å². The van der Waals surface area contributed by atoms with Gasteiger partial charge in [-0.05, 0) is 24.3 Å². The van der Waals surface area contributed by atoms with Crippen molar-refractivity contribution in [1.82, 2.24) is 15.0 Å². The van der Waals surface area contributed by atoms with Gasteiger partial charge in [-0.1, -0.05) is 31.5 Å². The van der Waals surface area contributed by atoms with Crippen molar-refractivity contribution in [3.63, 3.8) is 0 Å². The first-order chi connectivity index (χ1) is 12.3. The van der Waals surface area contributed by atoms with Crippen molar-refractivity contribution >= 4 is 17.5 Å². The summed E-state index contributed by atoms with van der Waals surface area (Å²) in [5, 5.41) is 10.2. The number of aromatic amines is 1. The lowest BCUT2D eigenvalue weighted by atomic mass is 9.88. The minimum Gasteiger partial charge on any atom is -0.506 e. The first kappa shape index (κ1) is 17.9. The van der Waals surface area contributed by atoms with E-state index in [1.165, 1.54) is 0 Å². The van der Waals surface area contributed by atoms with Crippen molar-refractivity contribution in [2.45, 2.75) is 25.7 Å². The Morgan fingerprint density at radius 1 is 1.23 bits per heavy atom. The van der Waals surface area contributed by atoms with Crippen LogP contribution in [0.4, 0.5) is 0 Å². The van der Waals surface area contributed by atoms with Crippen LogP contribution in [-0.2, 0) is 10.2 Å². The SMILES string of the molecule is CC(C)(CC(N)=O)c1nc(-c2ccc(Cl)c(O)c2)c(-c2ccncc2)[nH]1. The summed E-state index contributed by atoms with van der Waals surface area (Å²) in [7, 11) is 0. The zero-order valence-electron chi connectivity index (χ0n) is 14.5. The number of hydrogen-bond acceptors (Lipinski definition) is 4. The number of aromatic hydroxyl groups is 1. The molecule has 7 heteroatoms. The van der Waals surface area contributed by atoms with Crippen molar-refractivity contribution in [3.8, 4) is 28.3 Å². The van der Waals surface area contributed by atoms with Gasteiger partial charge in [0, 0.05) is 35.4 Å². The predicted octanol–water partition coefficient (Wildman–Crippen LogP) is 3.65. The van der Waals surface area contributed by atoms with Crippen molar-refractivity contribution in [1.29, 1.82) is 0 Å². The number of benzene rings is 1. The molecule has 0 saturated heterocycles. The first-order valence-electron chi connectivity index (χ1n) is 8.06. The maximum atomic E-state index is 11.4. The van der Waals surface area contributed by atoms with Gasteiger partial charge in [0.2, 0.25) is 5.91 Å². The van der Waals surface area contributed by atoms with Gasteiger partial charge in [-0.15, -0.1) is 0 Å². The summed E-state index contributed by atoms with van der Waals surface area (Å²) >= 11 is 5.92. The molecular formula is C19H19ClN4O2. The number of pyridine rings is 1. The van der Waals surface area contributed by atoms with Crippen LogP contribution < -0.4 is 5.73 Å². The lowest BCUT2D eigenvalue weighted by molar-refractivity contribution is -0.119. The molecule has 0 radical (unpaired) electrons. The number of H-pyrrole nitrogens is 1. The van der Waals surface area contributed by atoms with Crippen LogP contribution in [0.3, 0.4) is 0 Å². The highest BCUT2D eigenvalue weighted by molar-refractivity contribution is 6.32. The maximum Gasteiger partial charge on any atom is 0.218 e. The van der Waals surface area contributed by atoms with E-state index >= 15 is 0 Å². The number of amides is 1. The fraction of sp³-hybridized carbons (Fsp3) is 0.211. The van der Waals surface area contributed by atoms with Gasteiger partial charge in [0.15, 0.2) is 0 Å². The molecule has 1 amide bonds. The third kappa shape index (κ3) is 3.55. The molecule has 0 bridgehead atoms. The highest BCUT2D eigenvalue weighted by Crippen LogP contribution is 2.36. The van der Waals surface area contributed by atoms with Gasteiger partial charge < -0.3 is 15.8 Å². The molecule has 0 aliphatic rings. The van der Waals surface area contributed by atoms with Crippen molar-refractivity contribution in [2.24, 2.45) is 5.73 Å². The molecule has 3 aromatic rings. The number of nitrogens with two attached hydrogens (primary N) is 1. The van der Waals surface area contributed by atoms with Crippen LogP contribution in [0.5, 0.6) is 5.75 Å². The summed E-state index contributed by atoms with van der Waals surface area (Å²) in [6, 6.07) is 8.68. The molecular weight excluding hydrogens is 352 g/mol. The third-order valence-electron chi connectivity index (χ3n) is 4.15. The van der Waals surface area contributed by atoms with E-state index in [0.29, 0.717) is 17.1 Å². The van der Waals surface area contributed by atoms with Gasteiger partial charge in [0.05, 0.1) is 16.4 Å². The number of carbonyl (C=O) groups excluding carboxylic acids is 1. The molecule has 2 aromatic heterocycles. The molecule has 6 nitrogen and oxygen atoms in total. The molecule has 0 unspecified atom stereocenters. The molecule has 2 heterocycles. The van der Waals surface area contributed by atoms with E-state index in [9.17, 15) is 9.90 Å². The van der Waals surface area contributed by atoms with Crippen molar-refractivity contribution in [2.75, 3.05) is 0 Å². The Morgan fingerprint density at radius 2 is 1.92 bits per heavy atom. The fourth-order valence-electron chi connectivity index (χ4n) is 2.81. The Hall–Kier alpha value is -2.86. The second kappa shape index (κ2) is 6.80. The van der Waals surface area contributed by atoms with Gasteiger partial charge in [-0.25, -0.2) is 4.98 Å². The first-order valence-corrected chi connectivity index (χ1v) is 8.44. The zero-order valence-corrected chi connectivity index (χ0v) is 15.2. The Kier molecular flexibility index (Phi) is 4.70. The van der Waals surface area contributed by atoms with E-state index in [1.54, 1.807) is 30.6 Å². The lowest BCUT2D eigenvalue weighted by Crippen LogP contribution is -2.27. The number of carbonyl (C=O) groups is 1. The van der Waals surface area contributed by atoms with Crippen LogP contribution >= 0.6 is 11.6 Å². The molecule has 0 aliphatic heterocycles. The Labute approximate surface area is 156 Å². The van der Waals surface area contributed by atoms with E-state index in [1.807, 2.05) is 26.0 Å². The average Bonchev–Trinajstić information content (AvgIpc) is 3.03. The van der Waals surface area contributed by atoms with E-state index in [4.69, 9.17) is 22.3 Å². The molecule has 4 N–H and O–H groups in total. The highest BCUT2D eigenvalue weighted by Gasteiger charge is 2.29. The number of phenols is 1. The topological polar surface area (TPSA) is 105 Å². The second-order valence-corrected chi connectivity index (χ2v) is 7.15. The van der Waals surface area contributed by atoms with E-state index in [2.05, 4.69) is 9.97 Å². The number of phenolic OH excluding ortho intramolecular Hbond substituents is 1. The number of nitrogens with one attached hydrogen (secondary N) is 1. The maximum absolute atomic E-state index is 11.4. The van der Waals surface area contributed by atoms with Crippen LogP contribution in [-0.4, -0.2) is 26.0 Å². The number of halogens is 1. The minimum absolute atomic E-state index is 0.0224. The summed E-state index contributed by atoms with van der Waals surface area (Å²) in [5.41, 5.74) is 7.82. The zero-order chi connectivity index (χ0) is 18.9. The molecule has 26 heavy (non-hydrogen) atoms. The molecule has 0 aliphatic carbocycles. The fourth-order valence-corrected chi connectivity index (χ4v) is 2.93. The molecule has 0 saturated carbocycles. The van der Waals surface area contributed by atoms with Crippen molar-refractivity contribution in [3.05, 3.63) is 53.6 Å². The van der Waals surface area contributed by atoms with E-state index < -0.39 is 11.3 Å². The molecule has 3 rings (SSSR count). The third-order valence-corrected chi connectivity index (χ3v) is 4.47. The van der Waals surface area contributed by atoms with E-state index in [-0.39, 0.29) is 17.2 Å². The summed E-state index contributed by atoms with van der Waals surface area (Å²) < 4.78 is 0. The average molecular weight is 371 g/mol.